The van der Waals surface area contributed by atoms with Crippen LogP contribution in [-0.4, -0.2) is 25.4 Å². The molecule has 1 saturated heterocycles. The van der Waals surface area contributed by atoms with Crippen LogP contribution in [0.15, 0.2) is 18.2 Å². The van der Waals surface area contributed by atoms with Crippen molar-refractivity contribution in [3.63, 3.8) is 0 Å². The Labute approximate surface area is 89.0 Å². The Balaban J connectivity index is 1.79. The molecule has 1 fully saturated rings. The van der Waals surface area contributed by atoms with Gasteiger partial charge in [-0.1, -0.05) is 6.07 Å². The Morgan fingerprint density at radius 2 is 2.33 bits per heavy atom. The smallest absolute Gasteiger partial charge is 0.126 e. The fraction of sp³-hybridized carbons (Fsp3) is 0.500. The standard InChI is InChI=1S/C12H14O3/c1-8-5-10-11(14-7-9-6-13-9)3-2-4-12(10)15-8/h2-4,8-9H,5-7H2,1H3. The van der Waals surface area contributed by atoms with Gasteiger partial charge in [0.25, 0.3) is 0 Å². The van der Waals surface area contributed by atoms with Gasteiger partial charge in [0.05, 0.1) is 6.61 Å². The zero-order chi connectivity index (χ0) is 10.3. The van der Waals surface area contributed by atoms with Crippen molar-refractivity contribution in [2.24, 2.45) is 0 Å². The summed E-state index contributed by atoms with van der Waals surface area (Å²) in [7, 11) is 0. The molecule has 0 aliphatic carbocycles. The molecule has 1 aromatic rings. The van der Waals surface area contributed by atoms with Crippen molar-refractivity contribution >= 4 is 0 Å². The van der Waals surface area contributed by atoms with Crippen molar-refractivity contribution in [1.82, 2.24) is 0 Å². The van der Waals surface area contributed by atoms with Crippen LogP contribution in [0, 0.1) is 0 Å². The second kappa shape index (κ2) is 3.42. The topological polar surface area (TPSA) is 31.0 Å². The highest BCUT2D eigenvalue weighted by Gasteiger charge is 2.26. The van der Waals surface area contributed by atoms with E-state index in [2.05, 4.69) is 6.92 Å². The van der Waals surface area contributed by atoms with Crippen molar-refractivity contribution in [3.05, 3.63) is 23.8 Å². The molecule has 0 saturated carbocycles. The predicted molar refractivity (Wildman–Crippen MR) is 55.5 cm³/mol. The maximum atomic E-state index is 5.72. The average Bonchev–Trinajstić information content (AvgIpc) is 2.96. The zero-order valence-electron chi connectivity index (χ0n) is 8.73. The van der Waals surface area contributed by atoms with Crippen LogP contribution in [-0.2, 0) is 11.2 Å². The Hall–Kier alpha value is -1.22. The van der Waals surface area contributed by atoms with E-state index in [1.807, 2.05) is 18.2 Å². The van der Waals surface area contributed by atoms with E-state index in [0.717, 1.165) is 24.5 Å². The lowest BCUT2D eigenvalue weighted by Gasteiger charge is -2.07. The molecule has 3 nitrogen and oxygen atoms in total. The highest BCUT2D eigenvalue weighted by Crippen LogP contribution is 2.35. The molecule has 0 amide bonds. The van der Waals surface area contributed by atoms with Crippen LogP contribution in [0.4, 0.5) is 0 Å². The third kappa shape index (κ3) is 1.79. The van der Waals surface area contributed by atoms with Gasteiger partial charge in [0.15, 0.2) is 0 Å². The van der Waals surface area contributed by atoms with Crippen molar-refractivity contribution in [3.8, 4) is 11.5 Å². The Bertz CT molecular complexity index is 371. The average molecular weight is 206 g/mol. The lowest BCUT2D eigenvalue weighted by atomic mass is 10.1. The molecule has 3 rings (SSSR count). The minimum atomic E-state index is 0.266. The molecule has 0 radical (unpaired) electrons. The molecular formula is C12H14O3. The second-order valence-electron chi connectivity index (χ2n) is 4.13. The first-order chi connectivity index (χ1) is 7.33. The van der Waals surface area contributed by atoms with Gasteiger partial charge in [0, 0.05) is 12.0 Å². The van der Waals surface area contributed by atoms with Crippen LogP contribution in [0.1, 0.15) is 12.5 Å². The number of hydrogen-bond acceptors (Lipinski definition) is 3. The maximum absolute atomic E-state index is 5.72. The van der Waals surface area contributed by atoms with Gasteiger partial charge in [-0.25, -0.2) is 0 Å². The van der Waals surface area contributed by atoms with Crippen LogP contribution in [0.5, 0.6) is 11.5 Å². The van der Waals surface area contributed by atoms with Crippen LogP contribution in [0.2, 0.25) is 0 Å². The molecular weight excluding hydrogens is 192 g/mol. The number of epoxide rings is 1. The first-order valence-electron chi connectivity index (χ1n) is 5.36. The van der Waals surface area contributed by atoms with Crippen LogP contribution < -0.4 is 9.47 Å². The van der Waals surface area contributed by atoms with Gasteiger partial charge in [0.1, 0.15) is 30.3 Å². The summed E-state index contributed by atoms with van der Waals surface area (Å²) in [5, 5.41) is 0. The highest BCUT2D eigenvalue weighted by molar-refractivity contribution is 5.47. The normalized spacial score (nSPS) is 27.0. The molecule has 2 unspecified atom stereocenters. The SMILES string of the molecule is CC1Cc2c(OCC3CO3)cccc2O1. The Morgan fingerprint density at radius 1 is 1.47 bits per heavy atom. The van der Waals surface area contributed by atoms with Crippen LogP contribution in [0.25, 0.3) is 0 Å². The molecule has 2 atom stereocenters. The maximum Gasteiger partial charge on any atom is 0.126 e. The molecule has 2 heterocycles. The molecule has 2 aliphatic rings. The van der Waals surface area contributed by atoms with Crippen LogP contribution >= 0.6 is 0 Å². The van der Waals surface area contributed by atoms with Gasteiger partial charge < -0.3 is 14.2 Å². The summed E-state index contributed by atoms with van der Waals surface area (Å²) in [4.78, 5) is 0. The third-order valence-corrected chi connectivity index (χ3v) is 2.74. The summed E-state index contributed by atoms with van der Waals surface area (Å²) < 4.78 is 16.5. The summed E-state index contributed by atoms with van der Waals surface area (Å²) in [6.07, 6.45) is 1.51. The zero-order valence-corrected chi connectivity index (χ0v) is 8.73. The number of rotatable bonds is 3. The first-order valence-corrected chi connectivity index (χ1v) is 5.36. The number of ether oxygens (including phenoxy) is 3. The van der Waals surface area contributed by atoms with E-state index in [1.54, 1.807) is 0 Å². The molecule has 15 heavy (non-hydrogen) atoms. The van der Waals surface area contributed by atoms with Crippen LogP contribution in [0.3, 0.4) is 0 Å². The monoisotopic (exact) mass is 206 g/mol. The van der Waals surface area contributed by atoms with E-state index in [9.17, 15) is 0 Å². The van der Waals surface area contributed by atoms with Crippen molar-refractivity contribution in [2.45, 2.75) is 25.6 Å². The van der Waals surface area contributed by atoms with Gasteiger partial charge in [0.2, 0.25) is 0 Å². The van der Waals surface area contributed by atoms with E-state index in [1.165, 1.54) is 5.56 Å². The highest BCUT2D eigenvalue weighted by atomic mass is 16.6. The predicted octanol–water partition coefficient (Wildman–Crippen LogP) is 1.79. The van der Waals surface area contributed by atoms with E-state index in [4.69, 9.17) is 14.2 Å². The van der Waals surface area contributed by atoms with Gasteiger partial charge in [-0.3, -0.25) is 0 Å². The molecule has 0 N–H and O–H groups in total. The summed E-state index contributed by atoms with van der Waals surface area (Å²) >= 11 is 0. The van der Waals surface area contributed by atoms with Crippen molar-refractivity contribution in [2.75, 3.05) is 13.2 Å². The van der Waals surface area contributed by atoms with Gasteiger partial charge in [-0.05, 0) is 19.1 Å². The van der Waals surface area contributed by atoms with E-state index in [0.29, 0.717) is 12.7 Å². The van der Waals surface area contributed by atoms with Gasteiger partial charge in [-0.2, -0.15) is 0 Å². The number of hydrogen-bond donors (Lipinski definition) is 0. The summed E-state index contributed by atoms with van der Waals surface area (Å²) in [6, 6.07) is 5.97. The lowest BCUT2D eigenvalue weighted by molar-refractivity contribution is 0.254. The van der Waals surface area contributed by atoms with Crippen molar-refractivity contribution < 1.29 is 14.2 Å². The summed E-state index contributed by atoms with van der Waals surface area (Å²) in [5.41, 5.74) is 1.20. The second-order valence-corrected chi connectivity index (χ2v) is 4.13. The third-order valence-electron chi connectivity index (χ3n) is 2.74. The molecule has 0 bridgehead atoms. The molecule has 80 valence electrons. The molecule has 0 spiro atoms. The first kappa shape index (κ1) is 9.04. The Kier molecular flexibility index (Phi) is 2.06. The minimum Gasteiger partial charge on any atom is -0.490 e. The summed E-state index contributed by atoms with van der Waals surface area (Å²) in [5.74, 6) is 1.92. The fourth-order valence-electron chi connectivity index (χ4n) is 1.89. The largest absolute Gasteiger partial charge is 0.490 e. The molecule has 2 aliphatic heterocycles. The van der Waals surface area contributed by atoms with E-state index < -0.39 is 0 Å². The van der Waals surface area contributed by atoms with Gasteiger partial charge >= 0.3 is 0 Å². The van der Waals surface area contributed by atoms with E-state index >= 15 is 0 Å². The van der Waals surface area contributed by atoms with Crippen molar-refractivity contribution in [1.29, 1.82) is 0 Å². The molecule has 0 aromatic heterocycles. The fourth-order valence-corrected chi connectivity index (χ4v) is 1.89. The van der Waals surface area contributed by atoms with Gasteiger partial charge in [-0.15, -0.1) is 0 Å². The molecule has 3 heteroatoms. The minimum absolute atomic E-state index is 0.266. The van der Waals surface area contributed by atoms with E-state index in [-0.39, 0.29) is 6.10 Å². The Morgan fingerprint density at radius 3 is 3.13 bits per heavy atom. The lowest BCUT2D eigenvalue weighted by Crippen LogP contribution is -2.07. The summed E-state index contributed by atoms with van der Waals surface area (Å²) in [6.45, 7) is 3.57. The molecule has 1 aromatic carbocycles. The number of benzene rings is 1. The quantitative estimate of drug-likeness (QED) is 0.706. The number of fused-ring (bicyclic) bond motifs is 1.